The van der Waals surface area contributed by atoms with Crippen LogP contribution in [0.5, 0.6) is 0 Å². The molecular weight excluding hydrogens is 373 g/mol. The third-order valence-electron chi connectivity index (χ3n) is 4.43. The van der Waals surface area contributed by atoms with Gasteiger partial charge in [0.15, 0.2) is 0 Å². The average Bonchev–Trinajstić information content (AvgIpc) is 2.94. The van der Waals surface area contributed by atoms with Gasteiger partial charge in [-0.15, -0.1) is 24.8 Å². The molecule has 0 radical (unpaired) electrons. The van der Waals surface area contributed by atoms with Gasteiger partial charge in [0.05, 0.1) is 11.7 Å². The predicted octanol–water partition coefficient (Wildman–Crippen LogP) is 3.82. The highest BCUT2D eigenvalue weighted by atomic mass is 79.9. The van der Waals surface area contributed by atoms with Crippen LogP contribution in [0.15, 0.2) is 22.8 Å². The van der Waals surface area contributed by atoms with Crippen molar-refractivity contribution in [3.8, 4) is 0 Å². The van der Waals surface area contributed by atoms with Crippen LogP contribution in [-0.2, 0) is 0 Å². The molecule has 6 heteroatoms. The van der Waals surface area contributed by atoms with E-state index in [0.29, 0.717) is 6.04 Å². The minimum atomic E-state index is 0. The number of nitrogens with one attached hydrogen (secondary N) is 1. The van der Waals surface area contributed by atoms with E-state index in [1.807, 2.05) is 6.07 Å². The Morgan fingerprint density at radius 3 is 2.43 bits per heavy atom. The van der Waals surface area contributed by atoms with Crippen LogP contribution in [0.3, 0.4) is 0 Å². The third-order valence-corrected chi connectivity index (χ3v) is 4.87. The highest BCUT2D eigenvalue weighted by Gasteiger charge is 2.32. The van der Waals surface area contributed by atoms with Crippen molar-refractivity contribution in [2.24, 2.45) is 5.92 Å². The number of rotatable bonds is 3. The van der Waals surface area contributed by atoms with Gasteiger partial charge in [-0.3, -0.25) is 4.90 Å². The molecule has 3 rings (SSSR count). The summed E-state index contributed by atoms with van der Waals surface area (Å²) in [6, 6.07) is 6.86. The summed E-state index contributed by atoms with van der Waals surface area (Å²) < 4.78 is 0.961. The fraction of sp³-hybridized carbons (Fsp3) is 0.667. The fourth-order valence-electron chi connectivity index (χ4n) is 3.55. The van der Waals surface area contributed by atoms with Crippen LogP contribution in [0.25, 0.3) is 0 Å². The largest absolute Gasteiger partial charge is 0.314 e. The lowest BCUT2D eigenvalue weighted by molar-refractivity contribution is 0.122. The van der Waals surface area contributed by atoms with Crippen LogP contribution in [0, 0.1) is 5.92 Å². The number of pyridine rings is 1. The first kappa shape index (κ1) is 19.2. The Morgan fingerprint density at radius 2 is 1.81 bits per heavy atom. The number of hydrogen-bond acceptors (Lipinski definition) is 3. The fourth-order valence-corrected chi connectivity index (χ4v) is 3.91. The van der Waals surface area contributed by atoms with Gasteiger partial charge in [-0.05, 0) is 46.8 Å². The van der Waals surface area contributed by atoms with Crippen LogP contribution < -0.4 is 5.32 Å². The van der Waals surface area contributed by atoms with Gasteiger partial charge in [0.1, 0.15) is 4.60 Å². The minimum absolute atomic E-state index is 0. The summed E-state index contributed by atoms with van der Waals surface area (Å²) in [5, 5.41) is 3.45. The molecule has 21 heavy (non-hydrogen) atoms. The average molecular weight is 397 g/mol. The molecule has 2 aliphatic rings. The van der Waals surface area contributed by atoms with E-state index >= 15 is 0 Å². The smallest absolute Gasteiger partial charge is 0.106 e. The molecule has 1 saturated carbocycles. The molecule has 120 valence electrons. The van der Waals surface area contributed by atoms with Gasteiger partial charge in [0, 0.05) is 26.2 Å². The molecule has 1 N–H and O–H groups in total. The van der Waals surface area contributed by atoms with Gasteiger partial charge in [-0.2, -0.15) is 0 Å². The first-order valence-corrected chi connectivity index (χ1v) is 8.21. The van der Waals surface area contributed by atoms with Gasteiger partial charge in [0.25, 0.3) is 0 Å². The van der Waals surface area contributed by atoms with Crippen molar-refractivity contribution in [1.82, 2.24) is 15.2 Å². The lowest BCUT2D eigenvalue weighted by atomic mass is 9.93. The molecule has 2 fully saturated rings. The monoisotopic (exact) mass is 395 g/mol. The number of aromatic nitrogens is 1. The molecule has 1 aromatic rings. The summed E-state index contributed by atoms with van der Waals surface area (Å²) in [6.07, 6.45) is 5.51. The molecule has 3 nitrogen and oxygen atoms in total. The maximum absolute atomic E-state index is 4.75. The van der Waals surface area contributed by atoms with E-state index in [0.717, 1.165) is 36.7 Å². The summed E-state index contributed by atoms with van der Waals surface area (Å²) in [5.41, 5.74) is 1.25. The summed E-state index contributed by atoms with van der Waals surface area (Å²) in [6.45, 7) is 4.51. The quantitative estimate of drug-likeness (QED) is 0.787. The Bertz CT molecular complexity index is 421. The van der Waals surface area contributed by atoms with E-state index in [9.17, 15) is 0 Å². The predicted molar refractivity (Wildman–Crippen MR) is 95.6 cm³/mol. The highest BCUT2D eigenvalue weighted by Crippen LogP contribution is 2.39. The highest BCUT2D eigenvalue weighted by molar-refractivity contribution is 9.10. The Kier molecular flexibility index (Phi) is 8.50. The van der Waals surface area contributed by atoms with Crippen LogP contribution in [0.2, 0.25) is 0 Å². The second-order valence-corrected chi connectivity index (χ2v) is 6.47. The molecular formula is C15H24BrCl2N3. The van der Waals surface area contributed by atoms with Gasteiger partial charge >= 0.3 is 0 Å². The maximum Gasteiger partial charge on any atom is 0.106 e. The van der Waals surface area contributed by atoms with Crippen molar-refractivity contribution < 1.29 is 0 Å². The molecule has 1 aliphatic carbocycles. The van der Waals surface area contributed by atoms with E-state index < -0.39 is 0 Å². The molecule has 0 amide bonds. The zero-order valence-electron chi connectivity index (χ0n) is 12.1. The van der Waals surface area contributed by atoms with Crippen LogP contribution in [0.1, 0.15) is 37.4 Å². The van der Waals surface area contributed by atoms with Crippen molar-refractivity contribution >= 4 is 40.7 Å². The molecule has 0 unspecified atom stereocenters. The van der Waals surface area contributed by atoms with Crippen molar-refractivity contribution in [1.29, 1.82) is 0 Å². The summed E-state index contributed by atoms with van der Waals surface area (Å²) in [5.74, 6) is 0.792. The van der Waals surface area contributed by atoms with E-state index in [1.54, 1.807) is 0 Å². The lowest BCUT2D eigenvalue weighted by Crippen LogP contribution is -2.46. The van der Waals surface area contributed by atoms with Crippen molar-refractivity contribution in [2.75, 3.05) is 26.2 Å². The number of hydrogen-bond donors (Lipinski definition) is 1. The maximum atomic E-state index is 4.75. The zero-order valence-corrected chi connectivity index (χ0v) is 15.4. The van der Waals surface area contributed by atoms with Crippen LogP contribution in [-0.4, -0.2) is 36.1 Å². The molecule has 0 spiro atoms. The molecule has 1 saturated heterocycles. The van der Waals surface area contributed by atoms with Crippen molar-refractivity contribution in [2.45, 2.75) is 31.7 Å². The van der Waals surface area contributed by atoms with E-state index in [4.69, 9.17) is 4.98 Å². The number of nitrogens with zero attached hydrogens (tertiary/aromatic N) is 2. The Balaban J connectivity index is 0.00000110. The molecule has 0 aromatic carbocycles. The topological polar surface area (TPSA) is 28.2 Å². The Morgan fingerprint density at radius 1 is 1.14 bits per heavy atom. The number of halogens is 3. The van der Waals surface area contributed by atoms with Gasteiger partial charge in [-0.1, -0.05) is 18.9 Å². The van der Waals surface area contributed by atoms with E-state index in [1.165, 1.54) is 31.4 Å². The molecule has 1 aromatic heterocycles. The van der Waals surface area contributed by atoms with Crippen molar-refractivity contribution in [3.63, 3.8) is 0 Å². The normalized spacial score (nSPS) is 21.4. The molecule has 1 atom stereocenters. The van der Waals surface area contributed by atoms with Crippen LogP contribution in [0.4, 0.5) is 0 Å². The lowest BCUT2D eigenvalue weighted by Gasteiger charge is -2.38. The Hall–Kier alpha value is 0.130. The van der Waals surface area contributed by atoms with Crippen LogP contribution >= 0.6 is 40.7 Å². The van der Waals surface area contributed by atoms with Gasteiger partial charge < -0.3 is 5.32 Å². The molecule has 0 bridgehead atoms. The summed E-state index contributed by atoms with van der Waals surface area (Å²) in [4.78, 5) is 7.39. The second kappa shape index (κ2) is 9.31. The first-order chi connectivity index (χ1) is 9.34. The SMILES string of the molecule is Brc1cccc([C@H](C2CCCC2)N2CCNCC2)n1.Cl.Cl. The third kappa shape index (κ3) is 4.80. The Labute approximate surface area is 148 Å². The van der Waals surface area contributed by atoms with Gasteiger partial charge in [0.2, 0.25) is 0 Å². The summed E-state index contributed by atoms with van der Waals surface area (Å²) >= 11 is 3.52. The summed E-state index contributed by atoms with van der Waals surface area (Å²) in [7, 11) is 0. The second-order valence-electron chi connectivity index (χ2n) is 5.66. The minimum Gasteiger partial charge on any atom is -0.314 e. The zero-order chi connectivity index (χ0) is 13.1. The first-order valence-electron chi connectivity index (χ1n) is 7.42. The molecule has 2 heterocycles. The standard InChI is InChI=1S/C15H22BrN3.2ClH/c16-14-7-3-6-13(18-14)15(12-4-1-2-5-12)19-10-8-17-9-11-19;;/h3,6-7,12,15,17H,1-2,4-5,8-11H2;2*1H/t15-;;/m0../s1. The van der Waals surface area contributed by atoms with Gasteiger partial charge in [-0.25, -0.2) is 4.98 Å². The molecule has 1 aliphatic heterocycles. The van der Waals surface area contributed by atoms with Crippen molar-refractivity contribution in [3.05, 3.63) is 28.5 Å². The van der Waals surface area contributed by atoms with E-state index in [-0.39, 0.29) is 24.8 Å². The van der Waals surface area contributed by atoms with E-state index in [2.05, 4.69) is 38.3 Å². The number of piperazine rings is 1.